The number of hydrogen-bond donors (Lipinski definition) is 2. The van der Waals surface area contributed by atoms with E-state index in [1.54, 1.807) is 30.3 Å². The average Bonchev–Trinajstić information content (AvgIpc) is 2.65. The van der Waals surface area contributed by atoms with Crippen LogP contribution in [-0.2, 0) is 14.3 Å². The van der Waals surface area contributed by atoms with E-state index in [4.69, 9.17) is 4.74 Å². The summed E-state index contributed by atoms with van der Waals surface area (Å²) in [5.74, 6) is -1.20. The maximum atomic E-state index is 12.3. The largest absolute Gasteiger partial charge is 0.447 e. The minimum Gasteiger partial charge on any atom is -0.447 e. The van der Waals surface area contributed by atoms with Crippen LogP contribution in [0.4, 0.5) is 4.79 Å². The lowest BCUT2D eigenvalue weighted by Gasteiger charge is -2.17. The molecule has 0 saturated heterocycles. The van der Waals surface area contributed by atoms with Crippen LogP contribution in [0, 0.1) is 0 Å². The fourth-order valence-electron chi connectivity index (χ4n) is 1.97. The number of urea groups is 1. The fourth-order valence-corrected chi connectivity index (χ4v) is 2.67. The van der Waals surface area contributed by atoms with Gasteiger partial charge in [0, 0.05) is 17.5 Å². The van der Waals surface area contributed by atoms with Gasteiger partial charge in [-0.15, -0.1) is 11.8 Å². The number of hydrogen-bond acceptors (Lipinski definition) is 5. The maximum Gasteiger partial charge on any atom is 0.321 e. The summed E-state index contributed by atoms with van der Waals surface area (Å²) in [4.78, 5) is 36.7. The van der Waals surface area contributed by atoms with E-state index in [-0.39, 0.29) is 5.75 Å². The first-order chi connectivity index (χ1) is 12.1. The molecule has 130 valence electrons. The lowest BCUT2D eigenvalue weighted by atomic mass is 10.1. The number of imide groups is 1. The van der Waals surface area contributed by atoms with E-state index in [2.05, 4.69) is 10.6 Å². The number of ether oxygens (including phenoxy) is 1. The van der Waals surface area contributed by atoms with Gasteiger partial charge < -0.3 is 10.1 Å². The quantitative estimate of drug-likeness (QED) is 0.612. The van der Waals surface area contributed by atoms with Crippen LogP contribution in [0.1, 0.15) is 11.7 Å². The Morgan fingerprint density at radius 1 is 1.00 bits per heavy atom. The Hall–Kier alpha value is -2.80. The normalized spacial score (nSPS) is 11.2. The van der Waals surface area contributed by atoms with Crippen LogP contribution in [0.2, 0.25) is 0 Å². The zero-order chi connectivity index (χ0) is 18.1. The Morgan fingerprint density at radius 3 is 2.20 bits per heavy atom. The van der Waals surface area contributed by atoms with Crippen LogP contribution in [0.15, 0.2) is 65.6 Å². The average molecular weight is 358 g/mol. The Kier molecular flexibility index (Phi) is 7.03. The van der Waals surface area contributed by atoms with Crippen LogP contribution in [0.3, 0.4) is 0 Å². The topological polar surface area (TPSA) is 84.5 Å². The van der Waals surface area contributed by atoms with Crippen LogP contribution >= 0.6 is 11.8 Å². The van der Waals surface area contributed by atoms with Gasteiger partial charge in [-0.3, -0.25) is 14.9 Å². The number of carbonyl (C=O) groups excluding carboxylic acids is 3. The molecule has 0 aromatic heterocycles. The summed E-state index contributed by atoms with van der Waals surface area (Å²) in [6.45, 7) is 0. The molecule has 2 aromatic carbocycles. The van der Waals surface area contributed by atoms with E-state index in [9.17, 15) is 14.4 Å². The molecular weight excluding hydrogens is 340 g/mol. The van der Waals surface area contributed by atoms with Crippen molar-refractivity contribution in [3.05, 3.63) is 66.2 Å². The lowest BCUT2D eigenvalue weighted by molar-refractivity contribution is -0.153. The number of rotatable bonds is 6. The van der Waals surface area contributed by atoms with Crippen molar-refractivity contribution >= 4 is 29.7 Å². The predicted molar refractivity (Wildman–Crippen MR) is 95.0 cm³/mol. The van der Waals surface area contributed by atoms with E-state index >= 15 is 0 Å². The molecule has 0 bridgehead atoms. The highest BCUT2D eigenvalue weighted by molar-refractivity contribution is 8.00. The highest BCUT2D eigenvalue weighted by atomic mass is 32.2. The monoisotopic (exact) mass is 358 g/mol. The van der Waals surface area contributed by atoms with Crippen LogP contribution in [0.5, 0.6) is 0 Å². The molecule has 3 amide bonds. The van der Waals surface area contributed by atoms with Gasteiger partial charge in [0.1, 0.15) is 0 Å². The number of nitrogens with one attached hydrogen (secondary N) is 2. The molecule has 0 spiro atoms. The third-order valence-electron chi connectivity index (χ3n) is 3.15. The third-order valence-corrected chi connectivity index (χ3v) is 4.14. The molecule has 0 aliphatic carbocycles. The Labute approximate surface area is 149 Å². The molecule has 2 aromatic rings. The van der Waals surface area contributed by atoms with Crippen molar-refractivity contribution in [1.29, 1.82) is 0 Å². The van der Waals surface area contributed by atoms with Gasteiger partial charge in [0.05, 0.1) is 5.75 Å². The van der Waals surface area contributed by atoms with Gasteiger partial charge in [-0.05, 0) is 12.1 Å². The van der Waals surface area contributed by atoms with Gasteiger partial charge in [0.25, 0.3) is 5.91 Å². The van der Waals surface area contributed by atoms with Crippen molar-refractivity contribution in [3.63, 3.8) is 0 Å². The molecule has 6 nitrogen and oxygen atoms in total. The molecule has 2 rings (SSSR count). The smallest absolute Gasteiger partial charge is 0.321 e. The third kappa shape index (κ3) is 5.96. The Morgan fingerprint density at radius 2 is 1.60 bits per heavy atom. The van der Waals surface area contributed by atoms with Gasteiger partial charge >= 0.3 is 12.0 Å². The zero-order valence-corrected chi connectivity index (χ0v) is 14.4. The summed E-state index contributed by atoms with van der Waals surface area (Å²) in [7, 11) is 1.39. The summed E-state index contributed by atoms with van der Waals surface area (Å²) in [5.41, 5.74) is 0.488. The fraction of sp³-hybridized carbons (Fsp3) is 0.167. The molecule has 0 unspecified atom stereocenters. The molecule has 0 heterocycles. The molecule has 0 fully saturated rings. The second-order valence-corrected chi connectivity index (χ2v) is 6.00. The summed E-state index contributed by atoms with van der Waals surface area (Å²) < 4.78 is 5.31. The number of carbonyl (C=O) groups is 3. The second kappa shape index (κ2) is 9.48. The number of amides is 3. The summed E-state index contributed by atoms with van der Waals surface area (Å²) >= 11 is 1.31. The van der Waals surface area contributed by atoms with Gasteiger partial charge in [-0.2, -0.15) is 0 Å². The molecule has 1 atom stereocenters. The first-order valence-electron chi connectivity index (χ1n) is 7.55. The molecule has 25 heavy (non-hydrogen) atoms. The molecule has 0 aliphatic heterocycles. The molecule has 2 N–H and O–H groups in total. The maximum absolute atomic E-state index is 12.3. The second-order valence-electron chi connectivity index (χ2n) is 4.95. The summed E-state index contributed by atoms with van der Waals surface area (Å²) in [6.07, 6.45) is -1.19. The summed E-state index contributed by atoms with van der Waals surface area (Å²) in [5, 5.41) is 4.42. The molecule has 7 heteroatoms. The molecular formula is C18H18N2O4S. The van der Waals surface area contributed by atoms with Crippen LogP contribution in [0.25, 0.3) is 0 Å². The van der Waals surface area contributed by atoms with E-state index < -0.39 is 24.0 Å². The van der Waals surface area contributed by atoms with Crippen LogP contribution < -0.4 is 10.6 Å². The van der Waals surface area contributed by atoms with Crippen LogP contribution in [-0.4, -0.2) is 30.7 Å². The number of esters is 1. The first kappa shape index (κ1) is 18.5. The number of benzene rings is 2. The minimum atomic E-state index is -1.19. The minimum absolute atomic E-state index is 0.0562. The number of thioether (sulfide) groups is 1. The van der Waals surface area contributed by atoms with E-state index in [0.29, 0.717) is 5.56 Å². The Bertz CT molecular complexity index is 722. The van der Waals surface area contributed by atoms with Gasteiger partial charge in [-0.25, -0.2) is 4.79 Å². The SMILES string of the molecule is CNC(=O)NC(=O)[C@H](OC(=O)CSc1ccccc1)c1ccccc1. The first-order valence-corrected chi connectivity index (χ1v) is 8.53. The van der Waals surface area contributed by atoms with E-state index in [1.807, 2.05) is 30.3 Å². The van der Waals surface area contributed by atoms with Crippen molar-refractivity contribution in [2.24, 2.45) is 0 Å². The van der Waals surface area contributed by atoms with Crippen molar-refractivity contribution in [3.8, 4) is 0 Å². The van der Waals surface area contributed by atoms with Crippen molar-refractivity contribution in [1.82, 2.24) is 10.6 Å². The molecule has 0 radical (unpaired) electrons. The highest BCUT2D eigenvalue weighted by Crippen LogP contribution is 2.21. The predicted octanol–water partition coefficient (Wildman–Crippen LogP) is 2.52. The molecule has 0 saturated carbocycles. The van der Waals surface area contributed by atoms with Crippen molar-refractivity contribution < 1.29 is 19.1 Å². The highest BCUT2D eigenvalue weighted by Gasteiger charge is 2.26. The Balaban J connectivity index is 2.03. The van der Waals surface area contributed by atoms with Gasteiger partial charge in [0.2, 0.25) is 6.10 Å². The zero-order valence-electron chi connectivity index (χ0n) is 13.6. The standard InChI is InChI=1S/C18H18N2O4S/c1-19-18(23)20-17(22)16(13-8-4-2-5-9-13)24-15(21)12-25-14-10-6-3-7-11-14/h2-11,16H,12H2,1H3,(H2,19,20,22,23)/t16-/m1/s1. The van der Waals surface area contributed by atoms with Gasteiger partial charge in [-0.1, -0.05) is 48.5 Å². The van der Waals surface area contributed by atoms with Crippen molar-refractivity contribution in [2.45, 2.75) is 11.0 Å². The summed E-state index contributed by atoms with van der Waals surface area (Å²) in [6, 6.07) is 17.3. The van der Waals surface area contributed by atoms with Crippen molar-refractivity contribution in [2.75, 3.05) is 12.8 Å². The van der Waals surface area contributed by atoms with E-state index in [1.165, 1.54) is 18.8 Å². The molecule has 0 aliphatic rings. The van der Waals surface area contributed by atoms with Gasteiger partial charge in [0.15, 0.2) is 0 Å². The van der Waals surface area contributed by atoms with E-state index in [0.717, 1.165) is 4.90 Å². The lowest BCUT2D eigenvalue weighted by Crippen LogP contribution is -2.41.